The first-order chi connectivity index (χ1) is 14.9. The van der Waals surface area contributed by atoms with E-state index in [2.05, 4.69) is 24.3 Å². The van der Waals surface area contributed by atoms with Crippen molar-refractivity contribution in [1.29, 1.82) is 0 Å². The molecule has 6 nitrogen and oxygen atoms in total. The summed E-state index contributed by atoms with van der Waals surface area (Å²) < 4.78 is 7.16. The molecule has 0 aliphatic heterocycles. The molecule has 4 rings (SSSR count). The van der Waals surface area contributed by atoms with Crippen molar-refractivity contribution in [3.63, 3.8) is 0 Å². The van der Waals surface area contributed by atoms with E-state index in [1.165, 1.54) is 5.56 Å². The fraction of sp³-hybridized carbons (Fsp3) is 0.240. The first-order valence-corrected chi connectivity index (χ1v) is 10.3. The number of benzene rings is 2. The van der Waals surface area contributed by atoms with Crippen LogP contribution >= 0.6 is 0 Å². The molecule has 2 aromatic heterocycles. The summed E-state index contributed by atoms with van der Waals surface area (Å²) in [5, 5.41) is 8.56. The van der Waals surface area contributed by atoms with Gasteiger partial charge in [0.1, 0.15) is 17.1 Å². The van der Waals surface area contributed by atoms with Crippen LogP contribution in [0, 0.1) is 13.8 Å². The number of methoxy groups -OCH3 is 1. The largest absolute Gasteiger partial charge is 0.494 e. The van der Waals surface area contributed by atoms with Gasteiger partial charge in [0.05, 0.1) is 12.8 Å². The number of carbonyl (C=O) groups is 1. The van der Waals surface area contributed by atoms with E-state index in [1.54, 1.807) is 11.8 Å². The van der Waals surface area contributed by atoms with E-state index in [1.807, 2.05) is 68.4 Å². The molecule has 6 heteroatoms. The Balaban J connectivity index is 1.71. The molecule has 158 valence electrons. The van der Waals surface area contributed by atoms with Crippen LogP contribution in [0.25, 0.3) is 16.7 Å². The summed E-state index contributed by atoms with van der Waals surface area (Å²) in [6.07, 6.45) is 0. The van der Waals surface area contributed by atoms with Crippen molar-refractivity contribution < 1.29 is 9.53 Å². The molecule has 0 fully saturated rings. The van der Waals surface area contributed by atoms with E-state index in [0.717, 1.165) is 22.2 Å². The maximum absolute atomic E-state index is 12.9. The molecule has 0 aliphatic rings. The maximum Gasteiger partial charge on any atom is 0.256 e. The lowest BCUT2D eigenvalue weighted by atomic mass is 10.0. The summed E-state index contributed by atoms with van der Waals surface area (Å²) in [4.78, 5) is 17.7. The number of hydrogen-bond acceptors (Lipinski definition) is 4. The molecule has 0 atom stereocenters. The van der Waals surface area contributed by atoms with Gasteiger partial charge in [-0.2, -0.15) is 9.78 Å². The zero-order chi connectivity index (χ0) is 22.1. The average Bonchev–Trinajstić information content (AvgIpc) is 3.13. The summed E-state index contributed by atoms with van der Waals surface area (Å²) >= 11 is 0. The van der Waals surface area contributed by atoms with Gasteiger partial charge in [-0.3, -0.25) is 4.79 Å². The van der Waals surface area contributed by atoms with Crippen LogP contribution in [0.1, 0.15) is 46.9 Å². The molecule has 0 spiro atoms. The summed E-state index contributed by atoms with van der Waals surface area (Å²) in [6.45, 7) is 8.17. The molecule has 0 radical (unpaired) electrons. The summed E-state index contributed by atoms with van der Waals surface area (Å²) in [5.41, 5.74) is 4.38. The minimum atomic E-state index is -0.188. The van der Waals surface area contributed by atoms with Crippen LogP contribution in [0.4, 0.5) is 5.82 Å². The van der Waals surface area contributed by atoms with Crippen molar-refractivity contribution in [2.45, 2.75) is 33.6 Å². The molecule has 0 saturated heterocycles. The smallest absolute Gasteiger partial charge is 0.256 e. The zero-order valence-electron chi connectivity index (χ0n) is 18.4. The molecule has 0 saturated carbocycles. The number of anilines is 1. The lowest BCUT2D eigenvalue weighted by molar-refractivity contribution is 0.102. The summed E-state index contributed by atoms with van der Waals surface area (Å²) in [5.74, 6) is 2.11. The van der Waals surface area contributed by atoms with Crippen LogP contribution in [0.3, 0.4) is 0 Å². The predicted octanol–water partition coefficient (Wildman–Crippen LogP) is 5.42. The Morgan fingerprint density at radius 1 is 1.06 bits per heavy atom. The molecular weight excluding hydrogens is 388 g/mol. The fourth-order valence-electron chi connectivity index (χ4n) is 3.62. The van der Waals surface area contributed by atoms with Crippen molar-refractivity contribution in [3.8, 4) is 11.6 Å². The van der Waals surface area contributed by atoms with Crippen molar-refractivity contribution in [2.75, 3.05) is 12.4 Å². The first kappa shape index (κ1) is 20.6. The highest BCUT2D eigenvalue weighted by Crippen LogP contribution is 2.28. The normalized spacial score (nSPS) is 11.2. The molecule has 2 heterocycles. The van der Waals surface area contributed by atoms with Gasteiger partial charge >= 0.3 is 0 Å². The van der Waals surface area contributed by atoms with Crippen LogP contribution in [0.5, 0.6) is 5.75 Å². The van der Waals surface area contributed by atoms with E-state index in [9.17, 15) is 4.79 Å². The fourth-order valence-corrected chi connectivity index (χ4v) is 3.62. The number of fused-ring (bicyclic) bond motifs is 1. The van der Waals surface area contributed by atoms with Gasteiger partial charge in [-0.05, 0) is 55.2 Å². The van der Waals surface area contributed by atoms with Crippen LogP contribution in [0.2, 0.25) is 0 Å². The second-order valence-electron chi connectivity index (χ2n) is 7.97. The number of carbonyl (C=O) groups excluding carboxylic acids is 1. The molecule has 1 N–H and O–H groups in total. The number of rotatable bonds is 5. The molecule has 0 bridgehead atoms. The Morgan fingerprint density at radius 2 is 1.81 bits per heavy atom. The molecule has 1 amide bonds. The zero-order valence-corrected chi connectivity index (χ0v) is 18.4. The van der Waals surface area contributed by atoms with Crippen LogP contribution in [-0.2, 0) is 0 Å². The molecule has 4 aromatic rings. The Bertz CT molecular complexity index is 1260. The Hall–Kier alpha value is -3.67. The molecule has 31 heavy (non-hydrogen) atoms. The molecule has 2 aromatic carbocycles. The van der Waals surface area contributed by atoms with Gasteiger partial charge in [-0.15, -0.1) is 0 Å². The van der Waals surface area contributed by atoms with E-state index in [4.69, 9.17) is 9.72 Å². The van der Waals surface area contributed by atoms with Crippen molar-refractivity contribution in [1.82, 2.24) is 14.8 Å². The highest BCUT2D eigenvalue weighted by atomic mass is 16.5. The van der Waals surface area contributed by atoms with Gasteiger partial charge in [-0.1, -0.05) is 38.1 Å². The van der Waals surface area contributed by atoms with Crippen molar-refractivity contribution >= 4 is 22.6 Å². The first-order valence-electron chi connectivity index (χ1n) is 10.3. The van der Waals surface area contributed by atoms with Crippen LogP contribution in [0.15, 0.2) is 54.6 Å². The number of nitrogens with one attached hydrogen (secondary N) is 1. The van der Waals surface area contributed by atoms with Gasteiger partial charge in [0, 0.05) is 17.0 Å². The summed E-state index contributed by atoms with van der Waals surface area (Å²) in [7, 11) is 1.63. The minimum Gasteiger partial charge on any atom is -0.494 e. The van der Waals surface area contributed by atoms with E-state index in [-0.39, 0.29) is 5.91 Å². The third-order valence-corrected chi connectivity index (χ3v) is 5.35. The predicted molar refractivity (Wildman–Crippen MR) is 123 cm³/mol. The van der Waals surface area contributed by atoms with E-state index >= 15 is 0 Å². The van der Waals surface area contributed by atoms with Gasteiger partial charge in [0.2, 0.25) is 0 Å². The highest BCUT2D eigenvalue weighted by molar-refractivity contribution is 6.04. The van der Waals surface area contributed by atoms with Crippen LogP contribution in [-0.4, -0.2) is 27.8 Å². The quantitative estimate of drug-likeness (QED) is 0.473. The third-order valence-electron chi connectivity index (χ3n) is 5.35. The molecule has 0 unspecified atom stereocenters. The Labute approximate surface area is 181 Å². The SMILES string of the molecule is COc1cccc2c(C)cc(-n3nc(C)cc3NC(=O)c3ccc(C(C)C)cc3)nc12. The monoisotopic (exact) mass is 414 g/mol. The number of hydrogen-bond donors (Lipinski definition) is 1. The second-order valence-corrected chi connectivity index (χ2v) is 7.97. The molecule has 0 aliphatic carbocycles. The Morgan fingerprint density at radius 3 is 2.48 bits per heavy atom. The van der Waals surface area contributed by atoms with Gasteiger partial charge in [-0.25, -0.2) is 4.98 Å². The number of aryl methyl sites for hydroxylation is 2. The number of para-hydroxylation sites is 1. The summed E-state index contributed by atoms with van der Waals surface area (Å²) in [6, 6.07) is 17.3. The highest BCUT2D eigenvalue weighted by Gasteiger charge is 2.16. The van der Waals surface area contributed by atoms with Crippen LogP contribution < -0.4 is 10.1 Å². The lowest BCUT2D eigenvalue weighted by Gasteiger charge is -2.12. The number of amides is 1. The number of aromatic nitrogens is 3. The average molecular weight is 415 g/mol. The number of nitrogens with zero attached hydrogens (tertiary/aromatic N) is 3. The van der Waals surface area contributed by atoms with Crippen molar-refractivity contribution in [2.24, 2.45) is 0 Å². The van der Waals surface area contributed by atoms with Gasteiger partial charge in [0.15, 0.2) is 5.82 Å². The van der Waals surface area contributed by atoms with Crippen molar-refractivity contribution in [3.05, 3.63) is 77.0 Å². The topological polar surface area (TPSA) is 69.0 Å². The maximum atomic E-state index is 12.9. The Kier molecular flexibility index (Phi) is 5.46. The minimum absolute atomic E-state index is 0.188. The second kappa shape index (κ2) is 8.22. The van der Waals surface area contributed by atoms with Gasteiger partial charge < -0.3 is 10.1 Å². The van der Waals surface area contributed by atoms with E-state index in [0.29, 0.717) is 28.9 Å². The van der Waals surface area contributed by atoms with Gasteiger partial charge in [0.25, 0.3) is 5.91 Å². The molecular formula is C25H26N4O2. The number of ether oxygens (including phenoxy) is 1. The van der Waals surface area contributed by atoms with E-state index < -0.39 is 0 Å². The standard InChI is InChI=1S/C25H26N4O2/c1-15(2)18-9-11-19(12-10-18)25(30)27-23-14-17(4)28-29(23)22-13-16(3)20-7-6-8-21(31-5)24(20)26-22/h6-15H,1-5H3,(H,27,30). The third kappa shape index (κ3) is 4.01. The number of pyridine rings is 1. The lowest BCUT2D eigenvalue weighted by Crippen LogP contribution is -2.15.